The van der Waals surface area contributed by atoms with Crippen molar-refractivity contribution >= 4 is 17.5 Å². The van der Waals surface area contributed by atoms with Crippen molar-refractivity contribution in [2.24, 2.45) is 0 Å². The molecule has 0 fully saturated rings. The molecule has 0 heterocycles. The molecule has 1 rings (SSSR count). The van der Waals surface area contributed by atoms with E-state index in [1.54, 1.807) is 0 Å². The van der Waals surface area contributed by atoms with Crippen molar-refractivity contribution in [3.63, 3.8) is 0 Å². The van der Waals surface area contributed by atoms with E-state index >= 15 is 0 Å². The van der Waals surface area contributed by atoms with Crippen LogP contribution in [0.3, 0.4) is 0 Å². The molecular formula is C9H4F2N2O3. The minimum absolute atomic E-state index is 0.785. The molecule has 0 spiro atoms. The van der Waals surface area contributed by atoms with Crippen LogP contribution in [0.4, 0.5) is 8.78 Å². The first kappa shape index (κ1) is 11.7. The van der Waals surface area contributed by atoms with Gasteiger partial charge in [-0.2, -0.15) is 4.79 Å². The van der Waals surface area contributed by atoms with E-state index in [0.29, 0.717) is 0 Å². The van der Waals surface area contributed by atoms with Gasteiger partial charge in [0.05, 0.1) is 0 Å². The monoisotopic (exact) mass is 226 g/mol. The maximum atomic E-state index is 13.1. The van der Waals surface area contributed by atoms with Crippen molar-refractivity contribution in [3.8, 4) is 0 Å². The lowest BCUT2D eigenvalue weighted by Gasteiger charge is -1.98. The van der Waals surface area contributed by atoms with Crippen LogP contribution in [0.1, 0.15) is 10.4 Å². The number of rotatable bonds is 3. The second kappa shape index (κ2) is 4.41. The summed E-state index contributed by atoms with van der Waals surface area (Å²) in [5.41, 5.74) is 5.82. The zero-order chi connectivity index (χ0) is 12.3. The van der Waals surface area contributed by atoms with E-state index in [9.17, 15) is 18.4 Å². The average molecular weight is 226 g/mol. The SMILES string of the molecule is [N-]=[N+]=C(C(=O)O)C(=O)c1c(F)cccc1F. The molecule has 0 saturated carbocycles. The fraction of sp³-hybridized carbons (Fsp3) is 0. The Labute approximate surface area is 87.6 Å². The Hall–Kier alpha value is -2.40. The Morgan fingerprint density at radius 3 is 2.12 bits per heavy atom. The third-order valence-corrected chi connectivity index (χ3v) is 1.71. The number of carbonyl (C=O) groups is 2. The van der Waals surface area contributed by atoms with Gasteiger partial charge in [-0.3, -0.25) is 4.79 Å². The number of carbonyl (C=O) groups excluding carboxylic acids is 1. The van der Waals surface area contributed by atoms with E-state index in [4.69, 9.17) is 10.6 Å². The van der Waals surface area contributed by atoms with E-state index in [0.717, 1.165) is 18.2 Å². The second-order valence-electron chi connectivity index (χ2n) is 2.68. The summed E-state index contributed by atoms with van der Waals surface area (Å²) in [4.78, 5) is 23.9. The quantitative estimate of drug-likeness (QED) is 0.273. The molecule has 0 atom stereocenters. The lowest BCUT2D eigenvalue weighted by molar-refractivity contribution is -0.133. The Bertz CT molecular complexity index is 501. The molecule has 0 aliphatic carbocycles. The summed E-state index contributed by atoms with van der Waals surface area (Å²) < 4.78 is 26.1. The molecule has 0 aromatic heterocycles. The zero-order valence-corrected chi connectivity index (χ0v) is 7.65. The Morgan fingerprint density at radius 2 is 1.75 bits per heavy atom. The molecule has 1 N–H and O–H groups in total. The van der Waals surface area contributed by atoms with Crippen LogP contribution >= 0.6 is 0 Å². The van der Waals surface area contributed by atoms with Crippen LogP contribution < -0.4 is 0 Å². The van der Waals surface area contributed by atoms with Crippen LogP contribution in [0, 0.1) is 11.6 Å². The Morgan fingerprint density at radius 1 is 1.25 bits per heavy atom. The highest BCUT2D eigenvalue weighted by atomic mass is 19.1. The van der Waals surface area contributed by atoms with Gasteiger partial charge < -0.3 is 10.6 Å². The number of hydrogen-bond donors (Lipinski definition) is 1. The van der Waals surface area contributed by atoms with Gasteiger partial charge in [0.15, 0.2) is 0 Å². The zero-order valence-electron chi connectivity index (χ0n) is 7.65. The van der Waals surface area contributed by atoms with Gasteiger partial charge in [-0.1, -0.05) is 6.07 Å². The molecule has 0 unspecified atom stereocenters. The van der Waals surface area contributed by atoms with Gasteiger partial charge in [0.1, 0.15) is 17.2 Å². The number of hydrogen-bond acceptors (Lipinski definition) is 2. The van der Waals surface area contributed by atoms with Crippen molar-refractivity contribution in [1.82, 2.24) is 0 Å². The number of nitrogens with zero attached hydrogens (tertiary/aromatic N) is 2. The Balaban J connectivity index is 3.36. The first-order valence-corrected chi connectivity index (χ1v) is 3.93. The predicted molar refractivity (Wildman–Crippen MR) is 47.0 cm³/mol. The van der Waals surface area contributed by atoms with Crippen molar-refractivity contribution in [1.29, 1.82) is 0 Å². The molecule has 0 aliphatic heterocycles. The standard InChI is InChI=1S/C9H4F2N2O3/c10-4-2-1-3-5(11)6(4)8(14)7(13-12)9(15)16/h1-3H,(H,15,16). The van der Waals surface area contributed by atoms with Crippen LogP contribution in [0.15, 0.2) is 18.2 Å². The van der Waals surface area contributed by atoms with E-state index < -0.39 is 34.7 Å². The maximum absolute atomic E-state index is 13.1. The molecule has 1 aromatic rings. The number of halogens is 2. The van der Waals surface area contributed by atoms with Gasteiger partial charge in [-0.25, -0.2) is 13.6 Å². The smallest absolute Gasteiger partial charge is 0.446 e. The summed E-state index contributed by atoms with van der Waals surface area (Å²) in [6.45, 7) is 0. The largest absolute Gasteiger partial charge is 0.472 e. The minimum Gasteiger partial charge on any atom is -0.472 e. The third kappa shape index (κ3) is 1.99. The van der Waals surface area contributed by atoms with Crippen molar-refractivity contribution < 1.29 is 28.3 Å². The lowest BCUT2D eigenvalue weighted by Crippen LogP contribution is -2.26. The molecule has 16 heavy (non-hydrogen) atoms. The van der Waals surface area contributed by atoms with E-state index in [1.807, 2.05) is 0 Å². The molecule has 7 heteroatoms. The molecule has 0 bridgehead atoms. The van der Waals surface area contributed by atoms with E-state index in [1.165, 1.54) is 0 Å². The summed E-state index contributed by atoms with van der Waals surface area (Å²) in [5.74, 6) is -5.87. The van der Waals surface area contributed by atoms with E-state index in [-0.39, 0.29) is 0 Å². The van der Waals surface area contributed by atoms with Gasteiger partial charge in [0.25, 0.3) is 5.78 Å². The third-order valence-electron chi connectivity index (χ3n) is 1.71. The normalized spacial score (nSPS) is 9.38. The van der Waals surface area contributed by atoms with Gasteiger partial charge in [-0.05, 0) is 12.1 Å². The second-order valence-corrected chi connectivity index (χ2v) is 2.68. The number of carboxylic acid groups (broad SMARTS) is 1. The van der Waals surface area contributed by atoms with Crippen molar-refractivity contribution in [2.45, 2.75) is 0 Å². The first-order chi connectivity index (χ1) is 7.49. The van der Waals surface area contributed by atoms with E-state index in [2.05, 4.69) is 4.79 Å². The van der Waals surface area contributed by atoms with Gasteiger partial charge in [0, 0.05) is 0 Å². The van der Waals surface area contributed by atoms with Gasteiger partial charge >= 0.3 is 11.7 Å². The fourth-order valence-corrected chi connectivity index (χ4v) is 1.02. The molecular weight excluding hydrogens is 222 g/mol. The van der Waals surface area contributed by atoms with Crippen LogP contribution in [0.5, 0.6) is 0 Å². The number of carboxylic acids is 1. The first-order valence-electron chi connectivity index (χ1n) is 3.93. The summed E-state index contributed by atoms with van der Waals surface area (Å²) in [7, 11) is 0. The van der Waals surface area contributed by atoms with Gasteiger partial charge in [-0.15, -0.1) is 0 Å². The number of ketones is 1. The van der Waals surface area contributed by atoms with Crippen molar-refractivity contribution in [3.05, 3.63) is 40.9 Å². The summed E-state index contributed by atoms with van der Waals surface area (Å²) in [5, 5.41) is 8.43. The van der Waals surface area contributed by atoms with Gasteiger partial charge in [0.2, 0.25) is 0 Å². The topological polar surface area (TPSA) is 90.8 Å². The number of Topliss-reactive ketones (excluding diaryl/α,β-unsaturated/α-hetero) is 1. The summed E-state index contributed by atoms with van der Waals surface area (Å²) in [6, 6.07) is 2.58. The molecule has 0 saturated heterocycles. The van der Waals surface area contributed by atoms with Crippen molar-refractivity contribution in [2.75, 3.05) is 0 Å². The van der Waals surface area contributed by atoms with Crippen LogP contribution in [0.2, 0.25) is 0 Å². The fourth-order valence-electron chi connectivity index (χ4n) is 1.02. The molecule has 82 valence electrons. The lowest BCUT2D eigenvalue weighted by atomic mass is 10.1. The van der Waals surface area contributed by atoms with Crippen LogP contribution in [-0.4, -0.2) is 27.4 Å². The van der Waals surface area contributed by atoms with Crippen LogP contribution in [0.25, 0.3) is 5.53 Å². The number of aliphatic carboxylic acids is 1. The van der Waals surface area contributed by atoms with Crippen LogP contribution in [-0.2, 0) is 4.79 Å². The highest BCUT2D eigenvalue weighted by molar-refractivity contribution is 6.65. The number of benzene rings is 1. The summed E-state index contributed by atoms with van der Waals surface area (Å²) >= 11 is 0. The molecule has 0 amide bonds. The maximum Gasteiger partial charge on any atom is 0.446 e. The average Bonchev–Trinajstić information content (AvgIpc) is 2.17. The molecule has 0 radical (unpaired) electrons. The highest BCUT2D eigenvalue weighted by Crippen LogP contribution is 2.13. The highest BCUT2D eigenvalue weighted by Gasteiger charge is 2.34. The molecule has 1 aromatic carbocycles. The predicted octanol–water partition coefficient (Wildman–Crippen LogP) is 0.903. The molecule has 0 aliphatic rings. The molecule has 5 nitrogen and oxygen atoms in total. The summed E-state index contributed by atoms with van der Waals surface area (Å²) in [6.07, 6.45) is 0. The minimum atomic E-state index is -1.88. The Kier molecular flexibility index (Phi) is 3.22.